The highest BCUT2D eigenvalue weighted by molar-refractivity contribution is 4.74. The van der Waals surface area contributed by atoms with Crippen LogP contribution in [0.3, 0.4) is 0 Å². The van der Waals surface area contributed by atoms with Crippen LogP contribution in [0.2, 0.25) is 0 Å². The second-order valence-electron chi connectivity index (χ2n) is 2.19. The molecule has 0 aromatic carbocycles. The van der Waals surface area contributed by atoms with E-state index >= 15 is 0 Å². The smallest absolute Gasteiger partial charge is 0.353 e. The van der Waals surface area contributed by atoms with Crippen molar-refractivity contribution < 1.29 is 15.1 Å². The van der Waals surface area contributed by atoms with Crippen molar-refractivity contribution >= 4 is 0 Å². The molecule has 0 atom stereocenters. The zero-order valence-electron chi connectivity index (χ0n) is 5.89. The molecule has 0 unspecified atom stereocenters. The Balaban J connectivity index is 4.31. The molecule has 0 fully saturated rings. The second-order valence-corrected chi connectivity index (χ2v) is 2.19. The van der Waals surface area contributed by atoms with Crippen molar-refractivity contribution in [2.45, 2.75) is 18.9 Å². The summed E-state index contributed by atoms with van der Waals surface area (Å²) in [6.07, 6.45) is 0.257. The van der Waals surface area contributed by atoms with E-state index in [4.69, 9.17) is 10.2 Å². The summed E-state index contributed by atoms with van der Waals surface area (Å²) in [6, 6.07) is 0. The molecule has 10 heavy (non-hydrogen) atoms. The van der Waals surface area contributed by atoms with Crippen molar-refractivity contribution in [3.63, 3.8) is 0 Å². The van der Waals surface area contributed by atoms with Gasteiger partial charge in [0.05, 0.1) is 0 Å². The Morgan fingerprint density at radius 2 is 1.90 bits per heavy atom. The van der Waals surface area contributed by atoms with Crippen LogP contribution in [0.4, 0.5) is 0 Å². The van der Waals surface area contributed by atoms with Gasteiger partial charge in [0.15, 0.2) is 0 Å². The maximum atomic E-state index is 10.3. The minimum Gasteiger partial charge on any atom is -0.440 e. The van der Waals surface area contributed by atoms with E-state index in [0.29, 0.717) is 0 Å². The summed E-state index contributed by atoms with van der Waals surface area (Å²) in [4.78, 5) is 9.76. The first-order valence-electron chi connectivity index (χ1n) is 3.06. The molecule has 0 heterocycles. The first-order chi connectivity index (χ1) is 4.63. The zero-order chi connectivity index (χ0) is 8.20. The molecule has 0 saturated carbocycles. The SMILES string of the molecule is CCC(C[OH2+])(C[OH2+])[N+](=O)[O-]. The van der Waals surface area contributed by atoms with E-state index in [-0.39, 0.29) is 19.6 Å². The Labute approximate surface area is 58.4 Å². The zero-order valence-corrected chi connectivity index (χ0v) is 5.89. The molecule has 0 radical (unpaired) electrons. The van der Waals surface area contributed by atoms with Gasteiger partial charge in [-0.05, 0) is 0 Å². The normalized spacial score (nSPS) is 11.5. The third-order valence-electron chi connectivity index (χ3n) is 1.70. The predicted molar refractivity (Wildman–Crippen MR) is 37.0 cm³/mol. The van der Waals surface area contributed by atoms with Crippen LogP contribution in [0, 0.1) is 10.1 Å². The Hall–Kier alpha value is -0.680. The molecule has 0 amide bonds. The molecule has 0 aromatic heterocycles. The summed E-state index contributed by atoms with van der Waals surface area (Å²) < 4.78 is 0. The lowest BCUT2D eigenvalue weighted by atomic mass is 10.0. The third-order valence-corrected chi connectivity index (χ3v) is 1.70. The molecule has 4 N–H and O–H groups in total. The molecule has 0 spiro atoms. The maximum Gasteiger partial charge on any atom is 0.353 e. The highest BCUT2D eigenvalue weighted by atomic mass is 16.6. The first kappa shape index (κ1) is 9.32. The highest BCUT2D eigenvalue weighted by Gasteiger charge is 2.45. The number of rotatable bonds is 4. The Bertz CT molecular complexity index is 113. The Kier molecular flexibility index (Phi) is 3.24. The van der Waals surface area contributed by atoms with Crippen molar-refractivity contribution in [1.29, 1.82) is 0 Å². The van der Waals surface area contributed by atoms with E-state index in [2.05, 4.69) is 0 Å². The fourth-order valence-corrected chi connectivity index (χ4v) is 0.571. The van der Waals surface area contributed by atoms with E-state index in [9.17, 15) is 10.1 Å². The van der Waals surface area contributed by atoms with Crippen LogP contribution in [-0.2, 0) is 0 Å². The van der Waals surface area contributed by atoms with Crippen LogP contribution < -0.4 is 0 Å². The molecule has 0 bridgehead atoms. The minimum atomic E-state index is -1.32. The molecule has 0 aromatic rings. The van der Waals surface area contributed by atoms with Gasteiger partial charge in [0.25, 0.3) is 0 Å². The lowest BCUT2D eigenvalue weighted by Gasteiger charge is -2.12. The largest absolute Gasteiger partial charge is 0.440 e. The van der Waals surface area contributed by atoms with Gasteiger partial charge in [-0.3, -0.25) is 10.1 Å². The molecule has 0 rings (SSSR count). The summed E-state index contributed by atoms with van der Waals surface area (Å²) in [6.45, 7) is 1.02. The molecule has 5 nitrogen and oxygen atoms in total. The predicted octanol–water partition coefficient (Wildman–Crippen LogP) is -1.14. The van der Waals surface area contributed by atoms with Gasteiger partial charge < -0.3 is 10.2 Å². The van der Waals surface area contributed by atoms with E-state index in [0.717, 1.165) is 0 Å². The molecule has 0 aliphatic heterocycles. The Morgan fingerprint density at radius 3 is 1.90 bits per heavy atom. The van der Waals surface area contributed by atoms with Crippen LogP contribution in [0.15, 0.2) is 0 Å². The van der Waals surface area contributed by atoms with E-state index in [1.165, 1.54) is 0 Å². The summed E-state index contributed by atoms with van der Waals surface area (Å²) >= 11 is 0. The molecule has 60 valence electrons. The lowest BCUT2D eigenvalue weighted by molar-refractivity contribution is -0.577. The average molecular weight is 151 g/mol. The van der Waals surface area contributed by atoms with Crippen LogP contribution in [0.5, 0.6) is 0 Å². The molecule has 5 heteroatoms. The van der Waals surface area contributed by atoms with Gasteiger partial charge in [-0.2, -0.15) is 0 Å². The summed E-state index contributed by atoms with van der Waals surface area (Å²) in [5.74, 6) is 0. The summed E-state index contributed by atoms with van der Waals surface area (Å²) in [5, 5.41) is 24.0. The molecular formula is C5H13NO4+2. The van der Waals surface area contributed by atoms with Gasteiger partial charge in [-0.1, -0.05) is 6.92 Å². The van der Waals surface area contributed by atoms with Crippen LogP contribution in [0.25, 0.3) is 0 Å². The van der Waals surface area contributed by atoms with Crippen molar-refractivity contribution in [3.05, 3.63) is 10.1 Å². The lowest BCUT2D eigenvalue weighted by Crippen LogP contribution is -2.45. The van der Waals surface area contributed by atoms with E-state index < -0.39 is 10.5 Å². The number of nitrogens with zero attached hydrogens (tertiary/aromatic N) is 1. The van der Waals surface area contributed by atoms with Gasteiger partial charge >= 0.3 is 5.54 Å². The van der Waals surface area contributed by atoms with Gasteiger partial charge in [-0.15, -0.1) is 0 Å². The third kappa shape index (κ3) is 1.43. The van der Waals surface area contributed by atoms with Crippen LogP contribution >= 0.6 is 0 Å². The summed E-state index contributed by atoms with van der Waals surface area (Å²) in [5.41, 5.74) is -1.32. The highest BCUT2D eigenvalue weighted by Crippen LogP contribution is 2.12. The van der Waals surface area contributed by atoms with Crippen LogP contribution in [-0.4, -0.2) is 33.9 Å². The second kappa shape index (κ2) is 3.48. The van der Waals surface area contributed by atoms with Crippen molar-refractivity contribution in [2.24, 2.45) is 0 Å². The number of hydrogen-bond donors (Lipinski definition) is 0. The quantitative estimate of drug-likeness (QED) is 0.289. The van der Waals surface area contributed by atoms with Crippen molar-refractivity contribution in [2.75, 3.05) is 13.2 Å². The van der Waals surface area contributed by atoms with Gasteiger partial charge in [-0.25, -0.2) is 0 Å². The van der Waals surface area contributed by atoms with Gasteiger partial charge in [0.1, 0.15) is 0 Å². The topological polar surface area (TPSA) is 88.9 Å². The van der Waals surface area contributed by atoms with Crippen LogP contribution in [0.1, 0.15) is 13.3 Å². The molecule has 0 aliphatic carbocycles. The van der Waals surface area contributed by atoms with Crippen molar-refractivity contribution in [3.8, 4) is 0 Å². The average Bonchev–Trinajstić information content (AvgIpc) is 1.92. The van der Waals surface area contributed by atoms with E-state index in [1.54, 1.807) is 6.92 Å². The fourth-order valence-electron chi connectivity index (χ4n) is 0.571. The van der Waals surface area contributed by atoms with Gasteiger partial charge in [0.2, 0.25) is 13.2 Å². The number of nitro groups is 1. The maximum absolute atomic E-state index is 10.3. The van der Waals surface area contributed by atoms with E-state index in [1.807, 2.05) is 0 Å². The fraction of sp³-hybridized carbons (Fsp3) is 1.00. The monoisotopic (exact) mass is 151 g/mol. The molecule has 0 aliphatic rings. The first-order valence-corrected chi connectivity index (χ1v) is 3.06. The Morgan fingerprint density at radius 1 is 1.50 bits per heavy atom. The molecule has 0 saturated heterocycles. The van der Waals surface area contributed by atoms with Crippen molar-refractivity contribution in [1.82, 2.24) is 0 Å². The minimum absolute atomic E-state index is 0.257. The summed E-state index contributed by atoms with van der Waals surface area (Å²) in [7, 11) is 0. The van der Waals surface area contributed by atoms with Gasteiger partial charge in [0, 0.05) is 11.3 Å². The number of hydrogen-bond acceptors (Lipinski definition) is 2. The molecular weight excluding hydrogens is 138 g/mol. The standard InChI is InChI=1S/C5H11NO4/c1-2-5(3-7,4-8)6(9)10/h7-8H,2-4H2,1H3/p+2.